The van der Waals surface area contributed by atoms with Crippen molar-refractivity contribution in [1.82, 2.24) is 5.01 Å². The smallest absolute Gasteiger partial charge is 0.459 e. The summed E-state index contributed by atoms with van der Waals surface area (Å²) in [5, 5.41) is 14.7. The van der Waals surface area contributed by atoms with E-state index < -0.39 is 47.4 Å². The molecule has 0 aliphatic carbocycles. The lowest BCUT2D eigenvalue weighted by Gasteiger charge is -2.42. The van der Waals surface area contributed by atoms with Crippen molar-refractivity contribution in [3.05, 3.63) is 28.2 Å². The second kappa shape index (κ2) is 7.80. The summed E-state index contributed by atoms with van der Waals surface area (Å²) < 4.78 is 71.6. The summed E-state index contributed by atoms with van der Waals surface area (Å²) in [6.07, 6.45) is -8.56. The SMILES string of the molecule is C[C@@H](Oc1ccc(Cl)cc1Cl)C(=O)N1N=C(C(F)(F)C(F)(F)F)C[C@@]1(O)C(C)(C)C. The van der Waals surface area contributed by atoms with Gasteiger partial charge in [0.25, 0.3) is 5.91 Å². The van der Waals surface area contributed by atoms with Gasteiger partial charge in [0.05, 0.1) is 5.02 Å². The molecule has 1 aliphatic heterocycles. The van der Waals surface area contributed by atoms with Crippen LogP contribution in [0.1, 0.15) is 34.1 Å². The number of aliphatic hydroxyl groups is 1. The molecule has 1 aliphatic rings. The predicted molar refractivity (Wildman–Crippen MR) is 101 cm³/mol. The van der Waals surface area contributed by atoms with Crippen molar-refractivity contribution in [3.8, 4) is 5.75 Å². The van der Waals surface area contributed by atoms with Gasteiger partial charge in [-0.1, -0.05) is 44.0 Å². The zero-order valence-electron chi connectivity index (χ0n) is 16.3. The van der Waals surface area contributed by atoms with Crippen LogP contribution in [0.15, 0.2) is 23.3 Å². The van der Waals surface area contributed by atoms with Crippen LogP contribution in [-0.4, -0.2) is 45.7 Å². The lowest BCUT2D eigenvalue weighted by atomic mass is 9.79. The highest BCUT2D eigenvalue weighted by atomic mass is 35.5. The topological polar surface area (TPSA) is 62.1 Å². The Kier molecular flexibility index (Phi) is 6.40. The Morgan fingerprint density at radius 3 is 2.27 bits per heavy atom. The van der Waals surface area contributed by atoms with Crippen molar-refractivity contribution in [3.63, 3.8) is 0 Å². The average molecular weight is 477 g/mol. The average Bonchev–Trinajstić information content (AvgIpc) is 2.95. The van der Waals surface area contributed by atoms with Crippen LogP contribution < -0.4 is 4.74 Å². The van der Waals surface area contributed by atoms with Crippen LogP contribution in [0.2, 0.25) is 10.0 Å². The first kappa shape index (κ1) is 24.6. The van der Waals surface area contributed by atoms with E-state index in [1.165, 1.54) is 45.9 Å². The summed E-state index contributed by atoms with van der Waals surface area (Å²) in [4.78, 5) is 12.9. The fourth-order valence-electron chi connectivity index (χ4n) is 2.68. The molecule has 0 bridgehead atoms. The number of carbonyl (C=O) groups excluding carboxylic acids is 1. The Hall–Kier alpha value is -1.65. The lowest BCUT2D eigenvalue weighted by molar-refractivity contribution is -0.250. The summed E-state index contributed by atoms with van der Waals surface area (Å²) in [5.74, 6) is -6.44. The molecule has 0 unspecified atom stereocenters. The van der Waals surface area contributed by atoms with Gasteiger partial charge >= 0.3 is 12.1 Å². The Morgan fingerprint density at radius 2 is 1.80 bits per heavy atom. The largest absolute Gasteiger partial charge is 0.479 e. The third kappa shape index (κ3) is 4.36. The molecule has 5 nitrogen and oxygen atoms in total. The number of amides is 1. The van der Waals surface area contributed by atoms with Crippen molar-refractivity contribution in [2.24, 2.45) is 10.5 Å². The number of halogens is 7. The number of ether oxygens (including phenoxy) is 1. The van der Waals surface area contributed by atoms with Gasteiger partial charge in [0.15, 0.2) is 11.8 Å². The van der Waals surface area contributed by atoms with Crippen molar-refractivity contribution in [2.45, 2.75) is 58.0 Å². The van der Waals surface area contributed by atoms with E-state index in [-0.39, 0.29) is 20.8 Å². The Morgan fingerprint density at radius 1 is 1.23 bits per heavy atom. The summed E-state index contributed by atoms with van der Waals surface area (Å²) in [6, 6.07) is 4.10. The van der Waals surface area contributed by atoms with Gasteiger partial charge in [-0.25, -0.2) is 0 Å². The van der Waals surface area contributed by atoms with E-state index >= 15 is 0 Å². The van der Waals surface area contributed by atoms with E-state index in [9.17, 15) is 31.9 Å². The highest BCUT2D eigenvalue weighted by Gasteiger charge is 2.66. The highest BCUT2D eigenvalue weighted by Crippen LogP contribution is 2.47. The molecule has 30 heavy (non-hydrogen) atoms. The first-order chi connectivity index (χ1) is 13.4. The molecule has 1 heterocycles. The maximum absolute atomic E-state index is 13.9. The van der Waals surface area contributed by atoms with Crippen molar-refractivity contribution < 1.29 is 36.6 Å². The lowest BCUT2D eigenvalue weighted by Crippen LogP contribution is -2.57. The number of carbonyl (C=O) groups is 1. The maximum atomic E-state index is 13.9. The van der Waals surface area contributed by atoms with E-state index in [0.717, 1.165) is 0 Å². The summed E-state index contributed by atoms with van der Waals surface area (Å²) in [5.41, 5.74) is -5.44. The fraction of sp³-hybridized carbons (Fsp3) is 0.556. The third-order valence-corrected chi connectivity index (χ3v) is 5.19. The molecule has 0 fully saturated rings. The molecule has 0 saturated heterocycles. The Balaban J connectivity index is 2.41. The third-order valence-electron chi connectivity index (χ3n) is 4.66. The van der Waals surface area contributed by atoms with E-state index in [2.05, 4.69) is 5.10 Å². The standard InChI is InChI=1S/C18H19Cl2F5N2O3/c1-9(30-12-6-5-10(19)7-11(12)20)14(28)27-16(29,15(2,3)4)8-13(26-27)17(21,22)18(23,24)25/h5-7,9,29H,8H2,1-4H3/t9-,16-/m1/s1. The Bertz CT molecular complexity index is 870. The van der Waals surface area contributed by atoms with Crippen molar-refractivity contribution in [1.29, 1.82) is 0 Å². The number of hydrogen-bond acceptors (Lipinski definition) is 4. The van der Waals surface area contributed by atoms with Gasteiger partial charge in [0.1, 0.15) is 11.5 Å². The zero-order valence-corrected chi connectivity index (χ0v) is 17.8. The molecule has 0 saturated carbocycles. The van der Waals surface area contributed by atoms with Gasteiger partial charge in [0, 0.05) is 16.9 Å². The molecule has 12 heteroatoms. The van der Waals surface area contributed by atoms with Gasteiger partial charge in [-0.05, 0) is 25.1 Å². The van der Waals surface area contributed by atoms with Gasteiger partial charge in [0.2, 0.25) is 0 Å². The molecular weight excluding hydrogens is 458 g/mol. The number of hydrogen-bond donors (Lipinski definition) is 1. The molecule has 1 aromatic carbocycles. The van der Waals surface area contributed by atoms with E-state index in [0.29, 0.717) is 0 Å². The van der Waals surface area contributed by atoms with Crippen LogP contribution in [0.3, 0.4) is 0 Å². The number of hydrazone groups is 1. The van der Waals surface area contributed by atoms with E-state index in [4.69, 9.17) is 27.9 Å². The molecule has 1 N–H and O–H groups in total. The first-order valence-corrected chi connectivity index (χ1v) is 9.38. The second-order valence-corrected chi connectivity index (χ2v) is 8.69. The normalized spacial score (nSPS) is 21.5. The molecular formula is C18H19Cl2F5N2O3. The van der Waals surface area contributed by atoms with Crippen LogP contribution in [0, 0.1) is 5.41 Å². The molecule has 1 aromatic rings. The van der Waals surface area contributed by atoms with Crippen LogP contribution in [-0.2, 0) is 4.79 Å². The van der Waals surface area contributed by atoms with E-state index in [1.807, 2.05) is 0 Å². The van der Waals surface area contributed by atoms with Crippen LogP contribution in [0.4, 0.5) is 22.0 Å². The minimum absolute atomic E-state index is 0.0187. The number of alkyl halides is 5. The molecule has 0 aromatic heterocycles. The predicted octanol–water partition coefficient (Wildman–Crippen LogP) is 5.28. The molecule has 0 radical (unpaired) electrons. The minimum Gasteiger partial charge on any atom is -0.479 e. The quantitative estimate of drug-likeness (QED) is 0.601. The number of benzene rings is 1. The minimum atomic E-state index is -5.94. The summed E-state index contributed by atoms with van der Waals surface area (Å²) >= 11 is 11.7. The monoisotopic (exact) mass is 476 g/mol. The summed E-state index contributed by atoms with van der Waals surface area (Å²) in [7, 11) is 0. The molecule has 2 atom stereocenters. The number of rotatable bonds is 4. The fourth-order valence-corrected chi connectivity index (χ4v) is 3.14. The van der Waals surface area contributed by atoms with Gasteiger partial charge in [-0.2, -0.15) is 32.1 Å². The maximum Gasteiger partial charge on any atom is 0.459 e. The van der Waals surface area contributed by atoms with Gasteiger partial charge in [-0.15, -0.1) is 0 Å². The number of nitrogens with zero attached hydrogens (tertiary/aromatic N) is 2. The second-order valence-electron chi connectivity index (χ2n) is 7.85. The van der Waals surface area contributed by atoms with Crippen molar-refractivity contribution >= 4 is 34.8 Å². The molecule has 0 spiro atoms. The van der Waals surface area contributed by atoms with Crippen LogP contribution in [0.25, 0.3) is 0 Å². The molecule has 168 valence electrons. The zero-order chi connectivity index (χ0) is 23.3. The first-order valence-electron chi connectivity index (χ1n) is 8.62. The Labute approximate surface area is 179 Å². The van der Waals surface area contributed by atoms with Crippen LogP contribution >= 0.6 is 23.2 Å². The van der Waals surface area contributed by atoms with E-state index in [1.54, 1.807) is 0 Å². The summed E-state index contributed by atoms with van der Waals surface area (Å²) in [6.45, 7) is 5.34. The van der Waals surface area contributed by atoms with Crippen molar-refractivity contribution in [2.75, 3.05) is 0 Å². The van der Waals surface area contributed by atoms with Gasteiger partial charge < -0.3 is 9.84 Å². The van der Waals surface area contributed by atoms with Gasteiger partial charge in [-0.3, -0.25) is 4.79 Å². The molecule has 2 rings (SSSR count). The van der Waals surface area contributed by atoms with Crippen LogP contribution in [0.5, 0.6) is 5.75 Å². The highest BCUT2D eigenvalue weighted by molar-refractivity contribution is 6.35. The molecule has 1 amide bonds.